The highest BCUT2D eigenvalue weighted by Gasteiger charge is 2.38. The zero-order chi connectivity index (χ0) is 10.3. The van der Waals surface area contributed by atoms with E-state index in [0.717, 1.165) is 11.3 Å². The SMILES string of the molecule is CC1=C(C)NC(=O)C2C[C@H](F)CN2C1. The van der Waals surface area contributed by atoms with Crippen molar-refractivity contribution in [2.45, 2.75) is 32.5 Å². The maximum atomic E-state index is 13.1. The molecule has 2 rings (SSSR count). The molecule has 1 amide bonds. The summed E-state index contributed by atoms with van der Waals surface area (Å²) in [6, 6.07) is -0.266. The minimum absolute atomic E-state index is 0.0560. The molecular formula is C10H15FN2O. The first-order valence-corrected chi connectivity index (χ1v) is 4.93. The van der Waals surface area contributed by atoms with E-state index in [1.54, 1.807) is 0 Å². The van der Waals surface area contributed by atoms with Crippen molar-refractivity contribution in [3.8, 4) is 0 Å². The van der Waals surface area contributed by atoms with Crippen molar-refractivity contribution in [3.05, 3.63) is 11.3 Å². The number of amides is 1. The molecule has 0 aromatic heterocycles. The van der Waals surface area contributed by atoms with Crippen LogP contribution in [0.25, 0.3) is 0 Å². The largest absolute Gasteiger partial charge is 0.329 e. The molecule has 1 N–H and O–H groups in total. The van der Waals surface area contributed by atoms with Gasteiger partial charge in [0.2, 0.25) is 5.91 Å². The molecule has 78 valence electrons. The summed E-state index contributed by atoms with van der Waals surface area (Å²) >= 11 is 0. The molecule has 2 aliphatic rings. The van der Waals surface area contributed by atoms with Gasteiger partial charge >= 0.3 is 0 Å². The van der Waals surface area contributed by atoms with Crippen molar-refractivity contribution in [2.75, 3.05) is 13.1 Å². The monoisotopic (exact) mass is 198 g/mol. The number of allylic oxidation sites excluding steroid dienone is 1. The highest BCUT2D eigenvalue weighted by atomic mass is 19.1. The molecule has 2 heterocycles. The zero-order valence-electron chi connectivity index (χ0n) is 8.51. The number of nitrogens with one attached hydrogen (secondary N) is 1. The number of rotatable bonds is 0. The molecule has 14 heavy (non-hydrogen) atoms. The average Bonchev–Trinajstić information content (AvgIpc) is 2.42. The van der Waals surface area contributed by atoms with Crippen molar-refractivity contribution >= 4 is 5.91 Å². The molecule has 0 spiro atoms. The van der Waals surface area contributed by atoms with Crippen molar-refractivity contribution in [1.29, 1.82) is 0 Å². The summed E-state index contributed by atoms with van der Waals surface area (Å²) in [6.07, 6.45) is -0.510. The minimum Gasteiger partial charge on any atom is -0.329 e. The van der Waals surface area contributed by atoms with Crippen LogP contribution in [0.4, 0.5) is 4.39 Å². The lowest BCUT2D eigenvalue weighted by Gasteiger charge is -2.19. The lowest BCUT2D eigenvalue weighted by Crippen LogP contribution is -2.40. The van der Waals surface area contributed by atoms with Gasteiger partial charge in [-0.2, -0.15) is 0 Å². The van der Waals surface area contributed by atoms with E-state index in [1.807, 2.05) is 18.7 Å². The summed E-state index contributed by atoms with van der Waals surface area (Å²) in [6.45, 7) is 4.96. The van der Waals surface area contributed by atoms with Crippen molar-refractivity contribution in [2.24, 2.45) is 0 Å². The predicted molar refractivity (Wildman–Crippen MR) is 51.4 cm³/mol. The fraction of sp³-hybridized carbons (Fsp3) is 0.700. The van der Waals surface area contributed by atoms with Gasteiger partial charge in [0.15, 0.2) is 0 Å². The number of carbonyl (C=O) groups is 1. The highest BCUT2D eigenvalue weighted by Crippen LogP contribution is 2.24. The first kappa shape index (κ1) is 9.65. The number of carbonyl (C=O) groups excluding carboxylic acids is 1. The van der Waals surface area contributed by atoms with Gasteiger partial charge in [0, 0.05) is 25.2 Å². The Morgan fingerprint density at radius 1 is 1.50 bits per heavy atom. The molecule has 2 atom stereocenters. The van der Waals surface area contributed by atoms with E-state index < -0.39 is 6.17 Å². The van der Waals surface area contributed by atoms with Crippen LogP contribution in [0.1, 0.15) is 20.3 Å². The maximum Gasteiger partial charge on any atom is 0.241 e. The number of hydrogen-bond donors (Lipinski definition) is 1. The first-order valence-electron chi connectivity index (χ1n) is 4.93. The van der Waals surface area contributed by atoms with E-state index in [0.29, 0.717) is 19.5 Å². The molecule has 0 aliphatic carbocycles. The number of alkyl halides is 1. The lowest BCUT2D eigenvalue weighted by molar-refractivity contribution is -0.124. The summed E-state index contributed by atoms with van der Waals surface area (Å²) < 4.78 is 13.1. The summed E-state index contributed by atoms with van der Waals surface area (Å²) in [7, 11) is 0. The van der Waals surface area contributed by atoms with Gasteiger partial charge in [-0.05, 0) is 19.4 Å². The van der Waals surface area contributed by atoms with Gasteiger partial charge in [-0.1, -0.05) is 0 Å². The maximum absolute atomic E-state index is 13.1. The Morgan fingerprint density at radius 2 is 2.21 bits per heavy atom. The Hall–Kier alpha value is -0.900. The second-order valence-corrected chi connectivity index (χ2v) is 4.17. The molecule has 4 heteroatoms. The van der Waals surface area contributed by atoms with E-state index in [9.17, 15) is 9.18 Å². The van der Waals surface area contributed by atoms with Crippen molar-refractivity contribution in [3.63, 3.8) is 0 Å². The molecule has 1 saturated heterocycles. The number of hydrogen-bond acceptors (Lipinski definition) is 2. The summed E-state index contributed by atoms with van der Waals surface area (Å²) in [5.41, 5.74) is 2.04. The second kappa shape index (κ2) is 3.35. The van der Waals surface area contributed by atoms with E-state index in [1.165, 1.54) is 0 Å². The number of halogens is 1. The third kappa shape index (κ3) is 1.54. The molecule has 0 aromatic rings. The lowest BCUT2D eigenvalue weighted by atomic mass is 10.2. The fourth-order valence-corrected chi connectivity index (χ4v) is 2.09. The zero-order valence-corrected chi connectivity index (χ0v) is 8.51. The van der Waals surface area contributed by atoms with E-state index in [2.05, 4.69) is 5.32 Å². The second-order valence-electron chi connectivity index (χ2n) is 4.17. The topological polar surface area (TPSA) is 32.3 Å². The van der Waals surface area contributed by atoms with Crippen LogP contribution in [0.15, 0.2) is 11.3 Å². The number of fused-ring (bicyclic) bond motifs is 1. The molecule has 0 bridgehead atoms. The molecule has 0 radical (unpaired) electrons. The van der Waals surface area contributed by atoms with Crippen molar-refractivity contribution < 1.29 is 9.18 Å². The van der Waals surface area contributed by atoms with Gasteiger partial charge in [0.05, 0.1) is 6.04 Å². The van der Waals surface area contributed by atoms with Gasteiger partial charge in [-0.15, -0.1) is 0 Å². The van der Waals surface area contributed by atoms with Crippen LogP contribution in [-0.4, -0.2) is 36.1 Å². The van der Waals surface area contributed by atoms with Gasteiger partial charge in [-0.25, -0.2) is 4.39 Å². The summed E-state index contributed by atoms with van der Waals surface area (Å²) in [5.74, 6) is -0.0560. The Bertz CT molecular complexity index is 300. The molecule has 0 saturated carbocycles. The van der Waals surface area contributed by atoms with Gasteiger partial charge in [-0.3, -0.25) is 9.69 Å². The third-order valence-corrected chi connectivity index (χ3v) is 3.05. The molecule has 1 fully saturated rings. The van der Waals surface area contributed by atoms with Crippen LogP contribution in [0.5, 0.6) is 0 Å². The molecule has 0 aromatic carbocycles. The van der Waals surface area contributed by atoms with E-state index >= 15 is 0 Å². The fourth-order valence-electron chi connectivity index (χ4n) is 2.09. The van der Waals surface area contributed by atoms with Crippen LogP contribution in [-0.2, 0) is 4.79 Å². The van der Waals surface area contributed by atoms with Crippen LogP contribution >= 0.6 is 0 Å². The van der Waals surface area contributed by atoms with Crippen LogP contribution in [0.2, 0.25) is 0 Å². The predicted octanol–water partition coefficient (Wildman–Crippen LogP) is 0.823. The van der Waals surface area contributed by atoms with Crippen molar-refractivity contribution in [1.82, 2.24) is 10.2 Å². The quantitative estimate of drug-likeness (QED) is 0.625. The standard InChI is InChI=1S/C10H15FN2O/c1-6-4-13-5-8(11)3-9(13)10(14)12-7(6)2/h8-9H,3-5H2,1-2H3,(H,12,14)/t8-,9?/m0/s1. The van der Waals surface area contributed by atoms with E-state index in [-0.39, 0.29) is 11.9 Å². The van der Waals surface area contributed by atoms with Crippen LogP contribution < -0.4 is 5.32 Å². The Kier molecular flexibility index (Phi) is 2.31. The van der Waals surface area contributed by atoms with Gasteiger partial charge in [0.1, 0.15) is 6.17 Å². The Balaban J connectivity index is 2.23. The van der Waals surface area contributed by atoms with Gasteiger partial charge in [0.25, 0.3) is 0 Å². The summed E-state index contributed by atoms with van der Waals surface area (Å²) in [4.78, 5) is 13.6. The van der Waals surface area contributed by atoms with Crippen LogP contribution in [0.3, 0.4) is 0 Å². The highest BCUT2D eigenvalue weighted by molar-refractivity contribution is 5.84. The first-order chi connectivity index (χ1) is 6.58. The Labute approximate surface area is 83.0 Å². The normalized spacial score (nSPS) is 34.1. The van der Waals surface area contributed by atoms with Gasteiger partial charge < -0.3 is 5.32 Å². The summed E-state index contributed by atoms with van der Waals surface area (Å²) in [5, 5.41) is 2.82. The molecule has 2 aliphatic heterocycles. The molecular weight excluding hydrogens is 183 g/mol. The molecule has 3 nitrogen and oxygen atoms in total. The number of nitrogens with zero attached hydrogens (tertiary/aromatic N) is 1. The smallest absolute Gasteiger partial charge is 0.241 e. The van der Waals surface area contributed by atoms with E-state index in [4.69, 9.17) is 0 Å². The third-order valence-electron chi connectivity index (χ3n) is 3.05. The molecule has 1 unspecified atom stereocenters. The van der Waals surface area contributed by atoms with Crippen LogP contribution in [0, 0.1) is 0 Å². The average molecular weight is 198 g/mol. The Morgan fingerprint density at radius 3 is 2.93 bits per heavy atom. The minimum atomic E-state index is -0.850.